The van der Waals surface area contributed by atoms with Gasteiger partial charge in [-0.3, -0.25) is 9.78 Å². The first-order chi connectivity index (χ1) is 9.75. The molecule has 0 spiro atoms. The summed E-state index contributed by atoms with van der Waals surface area (Å²) < 4.78 is 13.4. The first kappa shape index (κ1) is 14.2. The maximum Gasteiger partial charge on any atom is 0.220 e. The molecule has 1 heterocycles. The molecule has 2 rings (SSSR count). The Morgan fingerprint density at radius 3 is 2.70 bits per heavy atom. The molecule has 0 saturated carbocycles. The fraction of sp³-hybridized carbons (Fsp3) is 0.250. The molecule has 0 aliphatic carbocycles. The molecule has 4 heteroatoms. The molecule has 0 saturated heterocycles. The van der Waals surface area contributed by atoms with Gasteiger partial charge in [0.25, 0.3) is 0 Å². The number of benzene rings is 1. The van der Waals surface area contributed by atoms with Crippen molar-refractivity contribution in [3.05, 3.63) is 65.7 Å². The van der Waals surface area contributed by atoms with Crippen molar-refractivity contribution in [1.29, 1.82) is 0 Å². The molecule has 0 aliphatic heterocycles. The van der Waals surface area contributed by atoms with E-state index in [0.29, 0.717) is 12.0 Å². The molecule has 0 aliphatic rings. The van der Waals surface area contributed by atoms with Gasteiger partial charge in [-0.25, -0.2) is 4.39 Å². The van der Waals surface area contributed by atoms with Gasteiger partial charge in [-0.1, -0.05) is 24.3 Å². The van der Waals surface area contributed by atoms with Crippen LogP contribution in [-0.4, -0.2) is 10.9 Å². The molecule has 2 aromatic rings. The van der Waals surface area contributed by atoms with E-state index in [0.717, 1.165) is 18.5 Å². The number of nitrogens with zero attached hydrogens (tertiary/aromatic N) is 1. The van der Waals surface area contributed by atoms with Crippen molar-refractivity contribution in [2.45, 2.75) is 25.8 Å². The van der Waals surface area contributed by atoms with Gasteiger partial charge < -0.3 is 5.32 Å². The number of hydrogen-bond donors (Lipinski definition) is 1. The third-order valence-electron chi connectivity index (χ3n) is 3.00. The van der Waals surface area contributed by atoms with Crippen LogP contribution in [-0.2, 0) is 17.8 Å². The Bertz CT molecular complexity index is 557. The van der Waals surface area contributed by atoms with Crippen molar-refractivity contribution < 1.29 is 9.18 Å². The molecular weight excluding hydrogens is 255 g/mol. The number of amides is 1. The molecule has 104 valence electrons. The van der Waals surface area contributed by atoms with Crippen LogP contribution in [0, 0.1) is 5.82 Å². The number of nitrogens with one attached hydrogen (secondary N) is 1. The second-order valence-corrected chi connectivity index (χ2v) is 4.54. The van der Waals surface area contributed by atoms with Gasteiger partial charge in [-0.05, 0) is 31.0 Å². The largest absolute Gasteiger partial charge is 0.352 e. The second-order valence-electron chi connectivity index (χ2n) is 4.54. The molecular formula is C16H17FN2O. The fourth-order valence-corrected chi connectivity index (χ4v) is 1.90. The van der Waals surface area contributed by atoms with Gasteiger partial charge in [-0.2, -0.15) is 0 Å². The first-order valence-corrected chi connectivity index (χ1v) is 6.66. The lowest BCUT2D eigenvalue weighted by Crippen LogP contribution is -2.23. The van der Waals surface area contributed by atoms with Crippen LogP contribution in [0.15, 0.2) is 48.7 Å². The van der Waals surface area contributed by atoms with Gasteiger partial charge in [-0.15, -0.1) is 0 Å². The minimum Gasteiger partial charge on any atom is -0.352 e. The van der Waals surface area contributed by atoms with Crippen LogP contribution in [0.5, 0.6) is 0 Å². The number of hydrogen-bond acceptors (Lipinski definition) is 2. The lowest BCUT2D eigenvalue weighted by atomic mass is 10.1. The number of carbonyl (C=O) groups excluding carboxylic acids is 1. The highest BCUT2D eigenvalue weighted by Gasteiger charge is 2.04. The molecule has 1 aromatic carbocycles. The van der Waals surface area contributed by atoms with Crippen molar-refractivity contribution in [1.82, 2.24) is 10.3 Å². The van der Waals surface area contributed by atoms with E-state index in [2.05, 4.69) is 10.3 Å². The van der Waals surface area contributed by atoms with Crippen molar-refractivity contribution in [2.75, 3.05) is 0 Å². The van der Waals surface area contributed by atoms with Gasteiger partial charge in [0.05, 0.1) is 0 Å². The summed E-state index contributed by atoms with van der Waals surface area (Å²) in [6, 6.07) is 12.2. The van der Waals surface area contributed by atoms with Crippen LogP contribution in [0.2, 0.25) is 0 Å². The Labute approximate surface area is 117 Å². The van der Waals surface area contributed by atoms with E-state index in [-0.39, 0.29) is 18.3 Å². The van der Waals surface area contributed by atoms with E-state index in [1.165, 1.54) is 6.07 Å². The summed E-state index contributed by atoms with van der Waals surface area (Å²) in [7, 11) is 0. The molecule has 0 atom stereocenters. The number of aromatic nitrogens is 1. The maximum absolute atomic E-state index is 13.4. The molecule has 0 fully saturated rings. The van der Waals surface area contributed by atoms with E-state index in [4.69, 9.17) is 0 Å². The predicted octanol–water partition coefficient (Wildman–Crippen LogP) is 2.86. The average molecular weight is 272 g/mol. The highest BCUT2D eigenvalue weighted by atomic mass is 19.1. The van der Waals surface area contributed by atoms with E-state index < -0.39 is 0 Å². The van der Waals surface area contributed by atoms with E-state index in [1.54, 1.807) is 24.4 Å². The normalized spacial score (nSPS) is 10.2. The SMILES string of the molecule is O=C(CCCc1ccccn1)NCc1ccccc1F. The Morgan fingerprint density at radius 2 is 1.95 bits per heavy atom. The molecule has 0 bridgehead atoms. The lowest BCUT2D eigenvalue weighted by molar-refractivity contribution is -0.121. The highest BCUT2D eigenvalue weighted by molar-refractivity contribution is 5.75. The first-order valence-electron chi connectivity index (χ1n) is 6.66. The molecule has 1 amide bonds. The monoisotopic (exact) mass is 272 g/mol. The van der Waals surface area contributed by atoms with Crippen LogP contribution < -0.4 is 5.32 Å². The smallest absolute Gasteiger partial charge is 0.220 e. The molecule has 1 N–H and O–H groups in total. The Hall–Kier alpha value is -2.23. The van der Waals surface area contributed by atoms with Crippen molar-refractivity contribution in [2.24, 2.45) is 0 Å². The van der Waals surface area contributed by atoms with E-state index in [1.807, 2.05) is 18.2 Å². The summed E-state index contributed by atoms with van der Waals surface area (Å²) in [5, 5.41) is 2.73. The standard InChI is InChI=1S/C16H17FN2O/c17-15-9-2-1-6-13(15)12-19-16(20)10-5-8-14-7-3-4-11-18-14/h1-4,6-7,9,11H,5,8,10,12H2,(H,19,20). The fourth-order valence-electron chi connectivity index (χ4n) is 1.90. The molecule has 20 heavy (non-hydrogen) atoms. The maximum atomic E-state index is 13.4. The van der Waals surface area contributed by atoms with Gasteiger partial charge in [0, 0.05) is 30.4 Å². The number of carbonyl (C=O) groups is 1. The minimum absolute atomic E-state index is 0.0656. The summed E-state index contributed by atoms with van der Waals surface area (Å²) in [6.07, 6.45) is 3.67. The molecule has 3 nitrogen and oxygen atoms in total. The van der Waals surface area contributed by atoms with Crippen molar-refractivity contribution >= 4 is 5.91 Å². The zero-order valence-electron chi connectivity index (χ0n) is 11.2. The van der Waals surface area contributed by atoms with Crippen LogP contribution in [0.1, 0.15) is 24.1 Å². The number of aryl methyl sites for hydroxylation is 1. The Balaban J connectivity index is 1.70. The molecule has 0 radical (unpaired) electrons. The predicted molar refractivity (Wildman–Crippen MR) is 75.4 cm³/mol. The average Bonchev–Trinajstić information content (AvgIpc) is 2.47. The molecule has 1 aromatic heterocycles. The third-order valence-corrected chi connectivity index (χ3v) is 3.00. The number of rotatable bonds is 6. The van der Waals surface area contributed by atoms with Crippen LogP contribution in [0.4, 0.5) is 4.39 Å². The van der Waals surface area contributed by atoms with Crippen LogP contribution >= 0.6 is 0 Å². The Morgan fingerprint density at radius 1 is 1.15 bits per heavy atom. The van der Waals surface area contributed by atoms with Crippen molar-refractivity contribution in [3.63, 3.8) is 0 Å². The zero-order valence-corrected chi connectivity index (χ0v) is 11.2. The van der Waals surface area contributed by atoms with E-state index >= 15 is 0 Å². The highest BCUT2D eigenvalue weighted by Crippen LogP contribution is 2.06. The number of pyridine rings is 1. The van der Waals surface area contributed by atoms with E-state index in [9.17, 15) is 9.18 Å². The summed E-state index contributed by atoms with van der Waals surface area (Å²) in [5.74, 6) is -0.356. The topological polar surface area (TPSA) is 42.0 Å². The number of halogens is 1. The summed E-state index contributed by atoms with van der Waals surface area (Å²) in [6.45, 7) is 0.231. The minimum atomic E-state index is -0.290. The third kappa shape index (κ3) is 4.46. The summed E-state index contributed by atoms with van der Waals surface area (Å²) in [5.41, 5.74) is 1.49. The molecule has 0 unspecified atom stereocenters. The second kappa shape index (κ2) is 7.38. The quantitative estimate of drug-likeness (QED) is 0.878. The lowest BCUT2D eigenvalue weighted by Gasteiger charge is -2.06. The van der Waals surface area contributed by atoms with Crippen molar-refractivity contribution in [3.8, 4) is 0 Å². The summed E-state index contributed by atoms with van der Waals surface area (Å²) >= 11 is 0. The zero-order chi connectivity index (χ0) is 14.2. The Kier molecular flexibility index (Phi) is 5.24. The van der Waals surface area contributed by atoms with Gasteiger partial charge in [0.15, 0.2) is 0 Å². The van der Waals surface area contributed by atoms with Crippen LogP contribution in [0.3, 0.4) is 0 Å². The summed E-state index contributed by atoms with van der Waals surface area (Å²) in [4.78, 5) is 15.9. The van der Waals surface area contributed by atoms with Crippen LogP contribution in [0.25, 0.3) is 0 Å². The van der Waals surface area contributed by atoms with Gasteiger partial charge >= 0.3 is 0 Å². The van der Waals surface area contributed by atoms with Gasteiger partial charge in [0.2, 0.25) is 5.91 Å². The van der Waals surface area contributed by atoms with Gasteiger partial charge in [0.1, 0.15) is 5.82 Å².